The fourth-order valence-corrected chi connectivity index (χ4v) is 4.69. The molecule has 1 aliphatic carbocycles. The Balaban J connectivity index is 1.61. The van der Waals surface area contributed by atoms with E-state index < -0.39 is 16.0 Å². The van der Waals surface area contributed by atoms with Crippen molar-refractivity contribution in [2.24, 2.45) is 0 Å². The number of carbonyl (C=O) groups excluding carboxylic acids is 1. The summed E-state index contributed by atoms with van der Waals surface area (Å²) in [6.07, 6.45) is 5.24. The molecule has 1 aromatic heterocycles. The Morgan fingerprint density at radius 2 is 2.00 bits per heavy atom. The maximum atomic E-state index is 12.3. The minimum atomic E-state index is -3.66. The summed E-state index contributed by atoms with van der Waals surface area (Å²) in [4.78, 5) is 12.3. The lowest BCUT2D eigenvalue weighted by Crippen LogP contribution is -2.26. The van der Waals surface area contributed by atoms with Crippen LogP contribution >= 0.6 is 11.3 Å². The van der Waals surface area contributed by atoms with Gasteiger partial charge in [-0.05, 0) is 35.9 Å². The number of thiophene rings is 1. The molecule has 0 atom stereocenters. The quantitative estimate of drug-likeness (QED) is 0.768. The van der Waals surface area contributed by atoms with Gasteiger partial charge in [-0.2, -0.15) is 0 Å². The summed E-state index contributed by atoms with van der Waals surface area (Å²) in [7, 11) is -3.66. The van der Waals surface area contributed by atoms with E-state index in [9.17, 15) is 13.2 Å². The minimum absolute atomic E-state index is 0.00330. The fourth-order valence-electron chi connectivity index (χ4n) is 2.08. The first kappa shape index (κ1) is 16.9. The van der Waals surface area contributed by atoms with Crippen LogP contribution in [0.2, 0.25) is 0 Å². The van der Waals surface area contributed by atoms with Crippen LogP contribution in [0.5, 0.6) is 0 Å². The monoisotopic (exact) mass is 363 g/mol. The van der Waals surface area contributed by atoms with Crippen molar-refractivity contribution in [2.75, 3.05) is 6.61 Å². The Hall–Kier alpha value is -1.96. The molecule has 1 N–H and O–H groups in total. The Kier molecular flexibility index (Phi) is 5.13. The Bertz CT molecular complexity index is 836. The van der Waals surface area contributed by atoms with Crippen LogP contribution in [0.3, 0.4) is 0 Å². The van der Waals surface area contributed by atoms with Crippen LogP contribution in [0.15, 0.2) is 52.7 Å². The number of esters is 1. The number of carbonyl (C=O) groups is 1. The zero-order chi connectivity index (χ0) is 17.0. The van der Waals surface area contributed by atoms with Crippen LogP contribution in [0.1, 0.15) is 28.1 Å². The Morgan fingerprint density at radius 3 is 2.71 bits per heavy atom. The zero-order valence-electron chi connectivity index (χ0n) is 12.8. The predicted molar refractivity (Wildman–Crippen MR) is 93.4 cm³/mol. The van der Waals surface area contributed by atoms with Crippen molar-refractivity contribution in [3.8, 4) is 0 Å². The second-order valence-corrected chi connectivity index (χ2v) is 8.02. The lowest BCUT2D eigenvalue weighted by atomic mass is 10.2. The van der Waals surface area contributed by atoms with Crippen LogP contribution < -0.4 is 4.72 Å². The van der Waals surface area contributed by atoms with Gasteiger partial charge in [-0.3, -0.25) is 0 Å². The summed E-state index contributed by atoms with van der Waals surface area (Å²) < 4.78 is 32.2. The average molecular weight is 363 g/mol. The second kappa shape index (κ2) is 7.29. The summed E-state index contributed by atoms with van der Waals surface area (Å²) in [6, 6.07) is 11.1. The molecular formula is C17H17NO4S2. The highest BCUT2D eigenvalue weighted by atomic mass is 32.2. The molecule has 126 valence electrons. The lowest BCUT2D eigenvalue weighted by molar-refractivity contribution is 0.0551. The fraction of sp³-hybridized carbons (Fsp3) is 0.235. The average Bonchev–Trinajstić information content (AvgIpc) is 3.22. The van der Waals surface area contributed by atoms with Crippen molar-refractivity contribution < 1.29 is 17.9 Å². The first-order valence-electron chi connectivity index (χ1n) is 7.55. The van der Waals surface area contributed by atoms with Crippen LogP contribution in [-0.4, -0.2) is 27.0 Å². The van der Waals surface area contributed by atoms with E-state index in [1.54, 1.807) is 11.5 Å². The summed E-state index contributed by atoms with van der Waals surface area (Å²) >= 11 is 1.07. The highest BCUT2D eigenvalue weighted by Gasteiger charge is 2.31. The molecule has 5 nitrogen and oxygen atoms in total. The smallest absolute Gasteiger partial charge is 0.350 e. The van der Waals surface area contributed by atoms with Crippen LogP contribution in [0.4, 0.5) is 0 Å². The number of sulfonamides is 1. The molecule has 0 radical (unpaired) electrons. The van der Waals surface area contributed by atoms with Gasteiger partial charge in [0.15, 0.2) is 0 Å². The van der Waals surface area contributed by atoms with E-state index in [4.69, 9.17) is 4.74 Å². The summed E-state index contributed by atoms with van der Waals surface area (Å²) in [5, 5.41) is 1.58. The highest BCUT2D eigenvalue weighted by molar-refractivity contribution is 7.89. The Morgan fingerprint density at radius 1 is 1.25 bits per heavy atom. The highest BCUT2D eigenvalue weighted by Crippen LogP contribution is 2.26. The van der Waals surface area contributed by atoms with Gasteiger partial charge in [0.25, 0.3) is 0 Å². The van der Waals surface area contributed by atoms with Gasteiger partial charge in [-0.1, -0.05) is 36.4 Å². The first-order chi connectivity index (χ1) is 11.6. The van der Waals surface area contributed by atoms with E-state index in [2.05, 4.69) is 4.72 Å². The molecule has 24 heavy (non-hydrogen) atoms. The van der Waals surface area contributed by atoms with Gasteiger partial charge >= 0.3 is 5.97 Å². The number of hydrogen-bond donors (Lipinski definition) is 1. The third-order valence-electron chi connectivity index (χ3n) is 3.42. The number of nitrogens with one attached hydrogen (secondary N) is 1. The molecule has 1 heterocycles. The molecule has 0 spiro atoms. The van der Waals surface area contributed by atoms with Crippen molar-refractivity contribution in [2.45, 2.75) is 23.8 Å². The molecule has 0 aliphatic heterocycles. The van der Waals surface area contributed by atoms with Crippen LogP contribution in [-0.2, 0) is 14.8 Å². The molecule has 1 fully saturated rings. The summed E-state index contributed by atoms with van der Waals surface area (Å²) in [5.74, 6) is -0.626. The van der Waals surface area contributed by atoms with Crippen molar-refractivity contribution >= 4 is 33.4 Å². The summed E-state index contributed by atoms with van der Waals surface area (Å²) in [6.45, 7) is 0.0845. The van der Waals surface area contributed by atoms with Crippen molar-refractivity contribution in [3.05, 3.63) is 58.3 Å². The van der Waals surface area contributed by atoms with Gasteiger partial charge < -0.3 is 4.74 Å². The predicted octanol–water partition coefficient (Wildman–Crippen LogP) is 3.06. The molecule has 2 aromatic rings. The molecular weight excluding hydrogens is 346 g/mol. The second-order valence-electron chi connectivity index (χ2n) is 5.42. The topological polar surface area (TPSA) is 72.5 Å². The van der Waals surface area contributed by atoms with E-state index in [1.807, 2.05) is 36.4 Å². The molecule has 1 aromatic carbocycles. The molecule has 1 aliphatic rings. The van der Waals surface area contributed by atoms with Crippen molar-refractivity contribution in [1.82, 2.24) is 4.72 Å². The number of ether oxygens (including phenoxy) is 1. The van der Waals surface area contributed by atoms with Gasteiger partial charge in [0, 0.05) is 6.04 Å². The molecule has 3 rings (SSSR count). The minimum Gasteiger partial charge on any atom is -0.457 e. The van der Waals surface area contributed by atoms with E-state index in [-0.39, 0.29) is 22.4 Å². The third kappa shape index (κ3) is 4.31. The third-order valence-corrected chi connectivity index (χ3v) is 6.01. The SMILES string of the molecule is O=C(OC/C=C\c1ccccc1)c1sccc1S(=O)(=O)NC1CC1. The van der Waals surface area contributed by atoms with E-state index >= 15 is 0 Å². The van der Waals surface area contributed by atoms with Crippen LogP contribution in [0.25, 0.3) is 6.08 Å². The van der Waals surface area contributed by atoms with Gasteiger partial charge in [-0.25, -0.2) is 17.9 Å². The summed E-state index contributed by atoms with van der Waals surface area (Å²) in [5.41, 5.74) is 1.00. The maximum absolute atomic E-state index is 12.3. The molecule has 1 saturated carbocycles. The van der Waals surface area contributed by atoms with Gasteiger partial charge in [-0.15, -0.1) is 11.3 Å². The largest absolute Gasteiger partial charge is 0.457 e. The Labute approximate surface area is 145 Å². The standard InChI is InChI=1S/C17H17NO4S2/c19-17(22-11-4-7-13-5-2-1-3-6-13)16-15(10-12-23-16)24(20,21)18-14-8-9-14/h1-7,10,12,14,18H,8-9,11H2/b7-4-. The molecule has 0 amide bonds. The van der Waals surface area contributed by atoms with Gasteiger partial charge in [0.2, 0.25) is 10.0 Å². The van der Waals surface area contributed by atoms with E-state index in [1.165, 1.54) is 6.07 Å². The lowest BCUT2D eigenvalue weighted by Gasteiger charge is -2.06. The normalized spacial score (nSPS) is 14.8. The maximum Gasteiger partial charge on any atom is 0.350 e. The van der Waals surface area contributed by atoms with Gasteiger partial charge in [0.1, 0.15) is 16.4 Å². The molecule has 0 unspecified atom stereocenters. The van der Waals surface area contributed by atoms with Crippen LogP contribution in [0, 0.1) is 0 Å². The first-order valence-corrected chi connectivity index (χ1v) is 9.91. The van der Waals surface area contributed by atoms with Gasteiger partial charge in [0.05, 0.1) is 0 Å². The van der Waals surface area contributed by atoms with Crippen molar-refractivity contribution in [1.29, 1.82) is 0 Å². The zero-order valence-corrected chi connectivity index (χ0v) is 14.5. The molecule has 0 saturated heterocycles. The van der Waals surface area contributed by atoms with Crippen molar-refractivity contribution in [3.63, 3.8) is 0 Å². The number of hydrogen-bond acceptors (Lipinski definition) is 5. The molecule has 0 bridgehead atoms. The van der Waals surface area contributed by atoms with E-state index in [0.717, 1.165) is 29.7 Å². The number of rotatable bonds is 7. The van der Waals surface area contributed by atoms with E-state index in [0.29, 0.717) is 0 Å². The number of benzene rings is 1. The molecule has 7 heteroatoms.